The number of methoxy groups -OCH3 is 1. The lowest BCUT2D eigenvalue weighted by Crippen LogP contribution is -2.40. The van der Waals surface area contributed by atoms with E-state index >= 15 is 0 Å². The zero-order valence-electron chi connectivity index (χ0n) is 14.2. The van der Waals surface area contributed by atoms with Crippen LogP contribution in [0.3, 0.4) is 0 Å². The van der Waals surface area contributed by atoms with Gasteiger partial charge in [0.25, 0.3) is 5.91 Å². The molecule has 0 aromatic heterocycles. The number of amides is 2. The maximum atomic E-state index is 12.2. The van der Waals surface area contributed by atoms with Crippen molar-refractivity contribution in [3.8, 4) is 5.75 Å². The Labute approximate surface area is 150 Å². The summed E-state index contributed by atoms with van der Waals surface area (Å²) in [6, 6.07) is 13.6. The normalized spacial score (nSPS) is 12.8. The topological polar surface area (TPSA) is 84.9 Å². The average Bonchev–Trinajstić information content (AvgIpc) is 2.67. The molecule has 1 aliphatic heterocycles. The number of carbonyl (C=O) groups is 3. The van der Waals surface area contributed by atoms with E-state index in [1.54, 1.807) is 41.3 Å². The lowest BCUT2D eigenvalue weighted by molar-refractivity contribution is -0.121. The fourth-order valence-corrected chi connectivity index (χ4v) is 2.64. The molecule has 1 N–H and O–H groups in total. The Kier molecular flexibility index (Phi) is 5.17. The van der Waals surface area contributed by atoms with Crippen molar-refractivity contribution in [2.75, 3.05) is 30.5 Å². The molecule has 1 aliphatic rings. The van der Waals surface area contributed by atoms with Crippen molar-refractivity contribution in [2.24, 2.45) is 0 Å². The maximum absolute atomic E-state index is 12.2. The van der Waals surface area contributed by atoms with E-state index in [1.807, 2.05) is 12.1 Å². The molecule has 1 heterocycles. The second kappa shape index (κ2) is 7.69. The molecule has 0 saturated heterocycles. The highest BCUT2D eigenvalue weighted by Crippen LogP contribution is 2.31. The highest BCUT2D eigenvalue weighted by Gasteiger charge is 2.25. The quantitative estimate of drug-likeness (QED) is 0.833. The van der Waals surface area contributed by atoms with E-state index in [9.17, 15) is 14.4 Å². The van der Waals surface area contributed by atoms with E-state index in [4.69, 9.17) is 4.74 Å². The summed E-state index contributed by atoms with van der Waals surface area (Å²) in [7, 11) is 1.31. The van der Waals surface area contributed by atoms with Gasteiger partial charge in [0.2, 0.25) is 5.91 Å². The molecule has 7 nitrogen and oxygen atoms in total. The standard InChI is InChI=1S/C19H18N2O5/c1-25-19(24)13-6-8-14(9-7-13)20-17(22)10-11-21-15-4-2-3-5-16(15)26-12-18(21)23/h2-9H,10-12H2,1H3,(H,20,22). The fraction of sp³-hybridized carbons (Fsp3) is 0.211. The molecule has 0 radical (unpaired) electrons. The number of nitrogens with one attached hydrogen (secondary N) is 1. The van der Waals surface area contributed by atoms with Gasteiger partial charge in [-0.2, -0.15) is 0 Å². The molecular weight excluding hydrogens is 336 g/mol. The number of nitrogens with zero attached hydrogens (tertiary/aromatic N) is 1. The van der Waals surface area contributed by atoms with Crippen molar-refractivity contribution in [3.63, 3.8) is 0 Å². The summed E-state index contributed by atoms with van der Waals surface area (Å²) in [4.78, 5) is 37.2. The van der Waals surface area contributed by atoms with E-state index in [-0.39, 0.29) is 31.4 Å². The van der Waals surface area contributed by atoms with Crippen molar-refractivity contribution in [3.05, 3.63) is 54.1 Å². The van der Waals surface area contributed by atoms with Gasteiger partial charge in [-0.3, -0.25) is 9.59 Å². The monoisotopic (exact) mass is 354 g/mol. The Morgan fingerprint density at radius 2 is 1.88 bits per heavy atom. The van der Waals surface area contributed by atoms with Crippen molar-refractivity contribution in [1.29, 1.82) is 0 Å². The van der Waals surface area contributed by atoms with Gasteiger partial charge in [-0.1, -0.05) is 12.1 Å². The van der Waals surface area contributed by atoms with E-state index in [2.05, 4.69) is 10.1 Å². The number of rotatable bonds is 5. The molecule has 0 bridgehead atoms. The largest absolute Gasteiger partial charge is 0.482 e. The van der Waals surface area contributed by atoms with Crippen LogP contribution in [0.4, 0.5) is 11.4 Å². The summed E-state index contributed by atoms with van der Waals surface area (Å²) in [5.41, 5.74) is 1.64. The van der Waals surface area contributed by atoms with Crippen LogP contribution in [0.1, 0.15) is 16.8 Å². The summed E-state index contributed by atoms with van der Waals surface area (Å²) < 4.78 is 10.0. The Balaban J connectivity index is 1.59. The highest BCUT2D eigenvalue weighted by molar-refractivity contribution is 5.99. The van der Waals surface area contributed by atoms with E-state index in [0.717, 1.165) is 0 Å². The zero-order chi connectivity index (χ0) is 18.5. The van der Waals surface area contributed by atoms with Gasteiger partial charge < -0.3 is 19.7 Å². The van der Waals surface area contributed by atoms with Crippen molar-refractivity contribution < 1.29 is 23.9 Å². The van der Waals surface area contributed by atoms with Crippen LogP contribution in [-0.4, -0.2) is 38.0 Å². The molecule has 0 fully saturated rings. The third kappa shape index (κ3) is 3.83. The van der Waals surface area contributed by atoms with Crippen LogP contribution in [0.25, 0.3) is 0 Å². The van der Waals surface area contributed by atoms with Crippen molar-refractivity contribution in [1.82, 2.24) is 0 Å². The number of fused-ring (bicyclic) bond motifs is 1. The average molecular weight is 354 g/mol. The molecule has 2 amide bonds. The Hall–Kier alpha value is -3.35. The molecule has 0 saturated carbocycles. The lowest BCUT2D eigenvalue weighted by Gasteiger charge is -2.29. The molecule has 0 aliphatic carbocycles. The zero-order valence-corrected chi connectivity index (χ0v) is 14.2. The number of anilines is 2. The number of hydrogen-bond acceptors (Lipinski definition) is 5. The number of para-hydroxylation sites is 2. The lowest BCUT2D eigenvalue weighted by atomic mass is 10.2. The predicted molar refractivity (Wildman–Crippen MR) is 95.3 cm³/mol. The summed E-state index contributed by atoms with van der Waals surface area (Å²) in [5, 5.41) is 2.74. The Bertz CT molecular complexity index is 832. The minimum absolute atomic E-state index is 0.0341. The van der Waals surface area contributed by atoms with Crippen LogP contribution in [0.15, 0.2) is 48.5 Å². The fourth-order valence-electron chi connectivity index (χ4n) is 2.64. The smallest absolute Gasteiger partial charge is 0.337 e. The van der Waals surface area contributed by atoms with Gasteiger partial charge in [-0.15, -0.1) is 0 Å². The summed E-state index contributed by atoms with van der Waals surface area (Å²) >= 11 is 0. The van der Waals surface area contributed by atoms with Gasteiger partial charge in [0, 0.05) is 18.7 Å². The summed E-state index contributed by atoms with van der Waals surface area (Å²) in [5.74, 6) is -0.218. The van der Waals surface area contributed by atoms with Gasteiger partial charge in [0.05, 0.1) is 18.4 Å². The SMILES string of the molecule is COC(=O)c1ccc(NC(=O)CCN2C(=O)COc3ccccc32)cc1. The van der Waals surface area contributed by atoms with Gasteiger partial charge >= 0.3 is 5.97 Å². The Morgan fingerprint density at radius 1 is 1.15 bits per heavy atom. The first-order valence-corrected chi connectivity index (χ1v) is 8.09. The summed E-state index contributed by atoms with van der Waals surface area (Å²) in [6.07, 6.45) is 0.138. The molecule has 26 heavy (non-hydrogen) atoms. The maximum Gasteiger partial charge on any atom is 0.337 e. The molecule has 2 aromatic carbocycles. The molecule has 0 spiro atoms. The van der Waals surface area contributed by atoms with Crippen LogP contribution in [0, 0.1) is 0 Å². The first-order chi connectivity index (χ1) is 12.6. The van der Waals surface area contributed by atoms with Crippen LogP contribution in [0.5, 0.6) is 5.75 Å². The van der Waals surface area contributed by atoms with Crippen LogP contribution in [-0.2, 0) is 14.3 Å². The van der Waals surface area contributed by atoms with Crippen molar-refractivity contribution >= 4 is 29.2 Å². The Morgan fingerprint density at radius 3 is 2.62 bits per heavy atom. The van der Waals surface area contributed by atoms with Gasteiger partial charge in [0.15, 0.2) is 6.61 Å². The first-order valence-electron chi connectivity index (χ1n) is 8.09. The van der Waals surface area contributed by atoms with E-state index < -0.39 is 5.97 Å². The number of hydrogen-bond donors (Lipinski definition) is 1. The number of ether oxygens (including phenoxy) is 2. The molecule has 7 heteroatoms. The molecule has 0 atom stereocenters. The van der Waals surface area contributed by atoms with Gasteiger partial charge in [-0.25, -0.2) is 4.79 Å². The van der Waals surface area contributed by atoms with Crippen LogP contribution in [0.2, 0.25) is 0 Å². The van der Waals surface area contributed by atoms with Crippen LogP contribution < -0.4 is 15.0 Å². The number of carbonyl (C=O) groups excluding carboxylic acids is 3. The van der Waals surface area contributed by atoms with Crippen molar-refractivity contribution in [2.45, 2.75) is 6.42 Å². The molecular formula is C19H18N2O5. The third-order valence-corrected chi connectivity index (χ3v) is 3.96. The molecule has 134 valence electrons. The summed E-state index contributed by atoms with van der Waals surface area (Å²) in [6.45, 7) is 0.221. The predicted octanol–water partition coefficient (Wildman–Crippen LogP) is 2.23. The number of benzene rings is 2. The second-order valence-corrected chi connectivity index (χ2v) is 5.67. The third-order valence-electron chi connectivity index (χ3n) is 3.96. The van der Waals surface area contributed by atoms with Crippen LogP contribution >= 0.6 is 0 Å². The molecule has 0 unspecified atom stereocenters. The minimum Gasteiger partial charge on any atom is -0.482 e. The van der Waals surface area contributed by atoms with Gasteiger partial charge in [-0.05, 0) is 36.4 Å². The highest BCUT2D eigenvalue weighted by atomic mass is 16.5. The molecule has 2 aromatic rings. The minimum atomic E-state index is -0.438. The second-order valence-electron chi connectivity index (χ2n) is 5.67. The molecule has 3 rings (SSSR count). The van der Waals surface area contributed by atoms with E-state index in [1.165, 1.54) is 7.11 Å². The van der Waals surface area contributed by atoms with E-state index in [0.29, 0.717) is 22.7 Å². The van der Waals surface area contributed by atoms with Gasteiger partial charge in [0.1, 0.15) is 5.75 Å². The number of esters is 1. The first kappa shape index (κ1) is 17.5.